The molecule has 0 bridgehead atoms. The van der Waals surface area contributed by atoms with Crippen molar-refractivity contribution in [1.29, 1.82) is 0 Å². The second kappa shape index (κ2) is 10.2. The number of anilines is 1. The molecule has 1 aromatic carbocycles. The monoisotopic (exact) mass is 345 g/mol. The van der Waals surface area contributed by atoms with Gasteiger partial charge in [0.25, 0.3) is 0 Å². The Morgan fingerprint density at radius 1 is 1.24 bits per heavy atom. The van der Waals surface area contributed by atoms with Crippen molar-refractivity contribution in [3.63, 3.8) is 0 Å². The first-order valence-corrected chi connectivity index (χ1v) is 9.44. The van der Waals surface area contributed by atoms with Crippen molar-refractivity contribution in [3.8, 4) is 0 Å². The quantitative estimate of drug-likeness (QED) is 0.761. The van der Waals surface area contributed by atoms with Crippen LogP contribution in [0, 0.1) is 12.8 Å². The summed E-state index contributed by atoms with van der Waals surface area (Å²) in [7, 11) is 0. The van der Waals surface area contributed by atoms with Crippen LogP contribution in [0.25, 0.3) is 0 Å². The lowest BCUT2D eigenvalue weighted by atomic mass is 9.93. The van der Waals surface area contributed by atoms with Gasteiger partial charge >= 0.3 is 0 Å². The van der Waals surface area contributed by atoms with Gasteiger partial charge in [-0.3, -0.25) is 9.59 Å². The van der Waals surface area contributed by atoms with Crippen molar-refractivity contribution >= 4 is 17.5 Å². The van der Waals surface area contributed by atoms with Gasteiger partial charge in [-0.25, -0.2) is 0 Å². The average Bonchev–Trinajstić information content (AvgIpc) is 2.62. The molecule has 1 heterocycles. The van der Waals surface area contributed by atoms with E-state index in [0.717, 1.165) is 50.0 Å². The van der Waals surface area contributed by atoms with E-state index in [1.54, 1.807) is 4.90 Å². The third kappa shape index (κ3) is 6.50. The number of para-hydroxylation sites is 1. The maximum atomic E-state index is 12.6. The zero-order chi connectivity index (χ0) is 18.1. The second-order valence-corrected chi connectivity index (χ2v) is 6.91. The van der Waals surface area contributed by atoms with Crippen LogP contribution in [0.5, 0.6) is 0 Å². The van der Waals surface area contributed by atoms with E-state index in [2.05, 4.69) is 10.6 Å². The summed E-state index contributed by atoms with van der Waals surface area (Å²) in [6, 6.07) is 7.69. The van der Waals surface area contributed by atoms with Gasteiger partial charge in [-0.05, 0) is 63.2 Å². The fraction of sp³-hybridized carbons (Fsp3) is 0.600. The summed E-state index contributed by atoms with van der Waals surface area (Å²) in [5.74, 6) is 0.604. The third-order valence-corrected chi connectivity index (χ3v) is 4.83. The SMILES string of the molecule is CCCN(CC(=O)Nc1ccccc1C)C(=O)CCC1CCNCC1. The topological polar surface area (TPSA) is 61.4 Å². The summed E-state index contributed by atoms with van der Waals surface area (Å²) < 4.78 is 0. The predicted molar refractivity (Wildman–Crippen MR) is 102 cm³/mol. The molecule has 2 N–H and O–H groups in total. The van der Waals surface area contributed by atoms with Crippen LogP contribution in [0.15, 0.2) is 24.3 Å². The molecule has 0 saturated carbocycles. The maximum absolute atomic E-state index is 12.6. The van der Waals surface area contributed by atoms with Gasteiger partial charge in [-0.15, -0.1) is 0 Å². The molecule has 1 aliphatic heterocycles. The molecule has 1 fully saturated rings. The van der Waals surface area contributed by atoms with Crippen LogP contribution < -0.4 is 10.6 Å². The van der Waals surface area contributed by atoms with E-state index < -0.39 is 0 Å². The van der Waals surface area contributed by atoms with Crippen LogP contribution in [0.3, 0.4) is 0 Å². The molecule has 5 heteroatoms. The molecule has 0 atom stereocenters. The van der Waals surface area contributed by atoms with E-state index in [0.29, 0.717) is 18.9 Å². The number of benzene rings is 1. The van der Waals surface area contributed by atoms with E-state index in [9.17, 15) is 9.59 Å². The molecule has 138 valence electrons. The lowest BCUT2D eigenvalue weighted by molar-refractivity contribution is -0.135. The Kier molecular flexibility index (Phi) is 7.92. The van der Waals surface area contributed by atoms with Gasteiger partial charge in [0.15, 0.2) is 0 Å². The molecule has 0 aliphatic carbocycles. The number of carbonyl (C=O) groups excluding carboxylic acids is 2. The molecular formula is C20H31N3O2. The minimum atomic E-state index is -0.127. The van der Waals surface area contributed by atoms with Gasteiger partial charge in [0, 0.05) is 18.7 Å². The molecule has 1 aromatic rings. The number of rotatable bonds is 8. The fourth-order valence-corrected chi connectivity index (χ4v) is 3.29. The van der Waals surface area contributed by atoms with Crippen molar-refractivity contribution in [2.24, 2.45) is 5.92 Å². The number of hydrogen-bond donors (Lipinski definition) is 2. The lowest BCUT2D eigenvalue weighted by Crippen LogP contribution is -2.39. The predicted octanol–water partition coefficient (Wildman–Crippen LogP) is 2.95. The molecule has 1 saturated heterocycles. The van der Waals surface area contributed by atoms with Crippen LogP contribution in [0.1, 0.15) is 44.6 Å². The Labute approximate surface area is 151 Å². The molecule has 0 unspecified atom stereocenters. The number of piperidine rings is 1. The minimum absolute atomic E-state index is 0.0975. The summed E-state index contributed by atoms with van der Waals surface area (Å²) >= 11 is 0. The first-order chi connectivity index (χ1) is 12.1. The number of carbonyl (C=O) groups is 2. The van der Waals surface area contributed by atoms with Crippen molar-refractivity contribution in [2.45, 2.75) is 46.0 Å². The first-order valence-electron chi connectivity index (χ1n) is 9.44. The highest BCUT2D eigenvalue weighted by Crippen LogP contribution is 2.18. The Hall–Kier alpha value is -1.88. The van der Waals surface area contributed by atoms with E-state index in [1.807, 2.05) is 38.1 Å². The standard InChI is InChI=1S/C20H31N3O2/c1-3-14-23(20(25)9-8-17-10-12-21-13-11-17)15-19(24)22-18-7-5-4-6-16(18)2/h4-7,17,21H,3,8-15H2,1-2H3,(H,22,24). The van der Waals surface area contributed by atoms with Gasteiger partial charge in [0.1, 0.15) is 0 Å². The number of nitrogens with one attached hydrogen (secondary N) is 2. The normalized spacial score (nSPS) is 15.0. The third-order valence-electron chi connectivity index (χ3n) is 4.83. The van der Waals surface area contributed by atoms with Crippen LogP contribution in [0.4, 0.5) is 5.69 Å². The average molecular weight is 345 g/mol. The maximum Gasteiger partial charge on any atom is 0.244 e. The molecule has 25 heavy (non-hydrogen) atoms. The number of aryl methyl sites for hydroxylation is 1. The number of amides is 2. The molecule has 0 spiro atoms. The molecule has 2 rings (SSSR count). The molecule has 0 aromatic heterocycles. The van der Waals surface area contributed by atoms with Crippen LogP contribution in [-0.4, -0.2) is 42.9 Å². The summed E-state index contributed by atoms with van der Waals surface area (Å²) in [6.07, 6.45) is 4.63. The highest BCUT2D eigenvalue weighted by Gasteiger charge is 2.19. The number of nitrogens with zero attached hydrogens (tertiary/aromatic N) is 1. The molecule has 5 nitrogen and oxygen atoms in total. The summed E-state index contributed by atoms with van der Waals surface area (Å²) in [5.41, 5.74) is 1.83. The summed E-state index contributed by atoms with van der Waals surface area (Å²) in [4.78, 5) is 26.6. The summed E-state index contributed by atoms with van der Waals surface area (Å²) in [5, 5.41) is 6.27. The zero-order valence-corrected chi connectivity index (χ0v) is 15.5. The van der Waals surface area contributed by atoms with Gasteiger partial charge in [-0.2, -0.15) is 0 Å². The Morgan fingerprint density at radius 2 is 1.96 bits per heavy atom. The lowest BCUT2D eigenvalue weighted by Gasteiger charge is -2.25. The fourth-order valence-electron chi connectivity index (χ4n) is 3.29. The van der Waals surface area contributed by atoms with E-state index in [1.165, 1.54) is 0 Å². The van der Waals surface area contributed by atoms with Gasteiger partial charge in [-0.1, -0.05) is 25.1 Å². The number of hydrogen-bond acceptors (Lipinski definition) is 3. The molecular weight excluding hydrogens is 314 g/mol. The van der Waals surface area contributed by atoms with Crippen LogP contribution in [-0.2, 0) is 9.59 Å². The zero-order valence-electron chi connectivity index (χ0n) is 15.5. The largest absolute Gasteiger partial charge is 0.333 e. The van der Waals surface area contributed by atoms with Crippen molar-refractivity contribution < 1.29 is 9.59 Å². The smallest absolute Gasteiger partial charge is 0.244 e. The van der Waals surface area contributed by atoms with Crippen LogP contribution >= 0.6 is 0 Å². The van der Waals surface area contributed by atoms with E-state index in [4.69, 9.17) is 0 Å². The highest BCUT2D eigenvalue weighted by molar-refractivity contribution is 5.95. The van der Waals surface area contributed by atoms with E-state index >= 15 is 0 Å². The highest BCUT2D eigenvalue weighted by atomic mass is 16.2. The van der Waals surface area contributed by atoms with Crippen molar-refractivity contribution in [1.82, 2.24) is 10.2 Å². The van der Waals surface area contributed by atoms with Gasteiger partial charge < -0.3 is 15.5 Å². The van der Waals surface area contributed by atoms with Crippen LogP contribution in [0.2, 0.25) is 0 Å². The molecule has 1 aliphatic rings. The van der Waals surface area contributed by atoms with E-state index in [-0.39, 0.29) is 18.4 Å². The minimum Gasteiger partial charge on any atom is -0.333 e. The second-order valence-electron chi connectivity index (χ2n) is 6.91. The first kappa shape index (κ1) is 19.4. The van der Waals surface area contributed by atoms with Crippen molar-refractivity contribution in [2.75, 3.05) is 31.5 Å². The van der Waals surface area contributed by atoms with Gasteiger partial charge in [0.05, 0.1) is 6.54 Å². The Bertz CT molecular complexity index is 568. The Morgan fingerprint density at radius 3 is 2.64 bits per heavy atom. The molecule has 2 amide bonds. The molecule has 0 radical (unpaired) electrons. The Balaban J connectivity index is 1.84. The summed E-state index contributed by atoms with van der Waals surface area (Å²) in [6.45, 7) is 6.86. The van der Waals surface area contributed by atoms with Gasteiger partial charge in [0.2, 0.25) is 11.8 Å². The van der Waals surface area contributed by atoms with Crippen molar-refractivity contribution in [3.05, 3.63) is 29.8 Å².